The van der Waals surface area contributed by atoms with E-state index in [0.717, 1.165) is 17.0 Å². The van der Waals surface area contributed by atoms with Crippen LogP contribution in [-0.4, -0.2) is 16.1 Å². The summed E-state index contributed by atoms with van der Waals surface area (Å²) in [4.78, 5) is 12.0. The highest BCUT2D eigenvalue weighted by atomic mass is 32.1. The molecule has 0 aliphatic carbocycles. The molecule has 0 aliphatic heterocycles. The number of carbonyl (C=O) groups is 1. The Bertz CT molecular complexity index is 524. The summed E-state index contributed by atoms with van der Waals surface area (Å²) in [5.41, 5.74) is 1.16. The Morgan fingerprint density at radius 3 is 2.67 bits per heavy atom. The van der Waals surface area contributed by atoms with E-state index in [1.54, 1.807) is 0 Å². The number of nitrogens with zero attached hydrogens (tertiary/aromatic N) is 2. The van der Waals surface area contributed by atoms with Crippen LogP contribution in [0.3, 0.4) is 0 Å². The standard InChI is InChI=1S/C13H15N3OS/c1-9(8-11-6-4-3-5-7-11)12(17)14-13-16-15-10(2)18-13/h3-7,9H,8H2,1-2H3,(H,14,16,17). The number of hydrogen-bond acceptors (Lipinski definition) is 4. The van der Waals surface area contributed by atoms with Crippen molar-refractivity contribution in [3.8, 4) is 0 Å². The van der Waals surface area contributed by atoms with Crippen LogP contribution in [0.4, 0.5) is 5.13 Å². The summed E-state index contributed by atoms with van der Waals surface area (Å²) in [6, 6.07) is 9.98. The number of benzene rings is 1. The lowest BCUT2D eigenvalue weighted by atomic mass is 10.0. The normalized spacial score (nSPS) is 12.1. The summed E-state index contributed by atoms with van der Waals surface area (Å²) < 4.78 is 0. The Morgan fingerprint density at radius 2 is 2.06 bits per heavy atom. The largest absolute Gasteiger partial charge is 0.300 e. The van der Waals surface area contributed by atoms with E-state index >= 15 is 0 Å². The highest BCUT2D eigenvalue weighted by molar-refractivity contribution is 7.15. The molecule has 1 aromatic heterocycles. The molecule has 1 N–H and O–H groups in total. The maximum absolute atomic E-state index is 12.0. The van der Waals surface area contributed by atoms with Crippen molar-refractivity contribution >= 4 is 22.4 Å². The van der Waals surface area contributed by atoms with E-state index in [4.69, 9.17) is 0 Å². The van der Waals surface area contributed by atoms with E-state index in [1.165, 1.54) is 11.3 Å². The zero-order chi connectivity index (χ0) is 13.0. The number of anilines is 1. The minimum absolute atomic E-state index is 0.0185. The van der Waals surface area contributed by atoms with Crippen molar-refractivity contribution in [3.63, 3.8) is 0 Å². The zero-order valence-electron chi connectivity index (χ0n) is 10.4. The van der Waals surface area contributed by atoms with Gasteiger partial charge in [0.15, 0.2) is 0 Å². The lowest BCUT2D eigenvalue weighted by Gasteiger charge is -2.10. The molecule has 5 heteroatoms. The van der Waals surface area contributed by atoms with E-state index < -0.39 is 0 Å². The van der Waals surface area contributed by atoms with Crippen LogP contribution in [-0.2, 0) is 11.2 Å². The van der Waals surface area contributed by atoms with Crippen molar-refractivity contribution in [1.29, 1.82) is 0 Å². The number of aryl methyl sites for hydroxylation is 1. The van der Waals surface area contributed by atoms with E-state index in [9.17, 15) is 4.79 Å². The molecule has 1 aromatic carbocycles. The van der Waals surface area contributed by atoms with Crippen molar-refractivity contribution < 1.29 is 4.79 Å². The molecule has 1 atom stereocenters. The van der Waals surface area contributed by atoms with Gasteiger partial charge in [-0.25, -0.2) is 0 Å². The van der Waals surface area contributed by atoms with Crippen LogP contribution in [0.1, 0.15) is 17.5 Å². The number of carbonyl (C=O) groups excluding carboxylic acids is 1. The molecule has 4 nitrogen and oxygen atoms in total. The van der Waals surface area contributed by atoms with Gasteiger partial charge in [0.1, 0.15) is 5.01 Å². The quantitative estimate of drug-likeness (QED) is 0.920. The predicted molar refractivity (Wildman–Crippen MR) is 72.6 cm³/mol. The van der Waals surface area contributed by atoms with E-state index in [0.29, 0.717) is 5.13 Å². The maximum Gasteiger partial charge on any atom is 0.229 e. The molecule has 1 unspecified atom stereocenters. The molecular formula is C13H15N3OS. The topological polar surface area (TPSA) is 54.9 Å². The van der Waals surface area contributed by atoms with Gasteiger partial charge < -0.3 is 5.32 Å². The lowest BCUT2D eigenvalue weighted by molar-refractivity contribution is -0.119. The maximum atomic E-state index is 12.0. The molecule has 18 heavy (non-hydrogen) atoms. The molecule has 2 aromatic rings. The fourth-order valence-corrected chi connectivity index (χ4v) is 2.23. The SMILES string of the molecule is Cc1nnc(NC(=O)C(C)Cc2ccccc2)s1. The summed E-state index contributed by atoms with van der Waals surface area (Å²) in [6.45, 7) is 3.77. The molecular weight excluding hydrogens is 246 g/mol. The van der Waals surface area contributed by atoms with E-state index in [-0.39, 0.29) is 11.8 Å². The lowest BCUT2D eigenvalue weighted by Crippen LogP contribution is -2.22. The number of amides is 1. The van der Waals surface area contributed by atoms with Crippen molar-refractivity contribution in [2.24, 2.45) is 5.92 Å². The molecule has 0 aliphatic rings. The van der Waals surface area contributed by atoms with Crippen molar-refractivity contribution in [2.45, 2.75) is 20.3 Å². The second kappa shape index (κ2) is 5.73. The highest BCUT2D eigenvalue weighted by Crippen LogP contribution is 2.16. The minimum atomic E-state index is -0.0865. The average Bonchev–Trinajstić information content (AvgIpc) is 2.76. The zero-order valence-corrected chi connectivity index (χ0v) is 11.2. The summed E-state index contributed by atoms with van der Waals surface area (Å²) in [7, 11) is 0. The summed E-state index contributed by atoms with van der Waals surface area (Å²) in [6.07, 6.45) is 0.727. The molecule has 0 saturated carbocycles. The Balaban J connectivity index is 1.93. The van der Waals surface area contributed by atoms with Crippen LogP contribution < -0.4 is 5.32 Å². The van der Waals surface area contributed by atoms with Gasteiger partial charge in [-0.05, 0) is 18.9 Å². The monoisotopic (exact) mass is 261 g/mol. The first-order chi connectivity index (χ1) is 8.65. The van der Waals surface area contributed by atoms with E-state index in [1.807, 2.05) is 44.2 Å². The van der Waals surface area contributed by atoms with Gasteiger partial charge in [0.25, 0.3) is 0 Å². The van der Waals surface area contributed by atoms with Crippen LogP contribution in [0.2, 0.25) is 0 Å². The van der Waals surface area contributed by atoms with Crippen LogP contribution in [0, 0.1) is 12.8 Å². The van der Waals surface area contributed by atoms with Crippen LogP contribution in [0.25, 0.3) is 0 Å². The number of hydrogen-bond donors (Lipinski definition) is 1. The Hall–Kier alpha value is -1.75. The van der Waals surface area contributed by atoms with E-state index in [2.05, 4.69) is 15.5 Å². The van der Waals surface area contributed by atoms with Crippen LogP contribution >= 0.6 is 11.3 Å². The van der Waals surface area contributed by atoms with Gasteiger partial charge in [0.2, 0.25) is 11.0 Å². The number of rotatable bonds is 4. The van der Waals surface area contributed by atoms with Crippen molar-refractivity contribution in [1.82, 2.24) is 10.2 Å². The van der Waals surface area contributed by atoms with Crippen molar-refractivity contribution in [3.05, 3.63) is 40.9 Å². The highest BCUT2D eigenvalue weighted by Gasteiger charge is 2.15. The fourth-order valence-electron chi connectivity index (χ4n) is 1.64. The number of nitrogens with one attached hydrogen (secondary N) is 1. The first kappa shape index (κ1) is 12.7. The summed E-state index contributed by atoms with van der Waals surface area (Å²) in [5, 5.41) is 12.0. The molecule has 0 spiro atoms. The minimum Gasteiger partial charge on any atom is -0.300 e. The fraction of sp³-hybridized carbons (Fsp3) is 0.308. The van der Waals surface area contributed by atoms with Crippen LogP contribution in [0.15, 0.2) is 30.3 Å². The second-order valence-corrected chi connectivity index (χ2v) is 5.39. The Labute approximate surface area is 110 Å². The molecule has 0 bridgehead atoms. The Morgan fingerprint density at radius 1 is 1.33 bits per heavy atom. The van der Waals surface area contributed by atoms with Crippen LogP contribution in [0.5, 0.6) is 0 Å². The van der Waals surface area contributed by atoms with Crippen molar-refractivity contribution in [2.75, 3.05) is 5.32 Å². The predicted octanol–water partition coefficient (Wildman–Crippen LogP) is 2.66. The average molecular weight is 261 g/mol. The molecule has 1 heterocycles. The third-order valence-electron chi connectivity index (χ3n) is 2.59. The van der Waals surface area contributed by atoms with Gasteiger partial charge in [0.05, 0.1) is 0 Å². The Kier molecular flexibility index (Phi) is 4.04. The molecule has 0 fully saturated rings. The second-order valence-electron chi connectivity index (χ2n) is 4.21. The summed E-state index contributed by atoms with van der Waals surface area (Å²) in [5.74, 6) is -0.105. The van der Waals surface area contributed by atoms with Gasteiger partial charge in [-0.1, -0.05) is 48.6 Å². The van der Waals surface area contributed by atoms with Gasteiger partial charge >= 0.3 is 0 Å². The van der Waals surface area contributed by atoms with Gasteiger partial charge in [-0.3, -0.25) is 4.79 Å². The third kappa shape index (κ3) is 3.37. The summed E-state index contributed by atoms with van der Waals surface area (Å²) >= 11 is 1.39. The smallest absolute Gasteiger partial charge is 0.229 e. The third-order valence-corrected chi connectivity index (χ3v) is 3.34. The molecule has 0 saturated heterocycles. The molecule has 2 rings (SSSR count). The number of aromatic nitrogens is 2. The van der Waals surface area contributed by atoms with Gasteiger partial charge in [0, 0.05) is 5.92 Å². The first-order valence-electron chi connectivity index (χ1n) is 5.80. The first-order valence-corrected chi connectivity index (χ1v) is 6.61. The molecule has 1 amide bonds. The van der Waals surface area contributed by atoms with Gasteiger partial charge in [-0.2, -0.15) is 0 Å². The molecule has 0 radical (unpaired) electrons. The van der Waals surface area contributed by atoms with Gasteiger partial charge in [-0.15, -0.1) is 10.2 Å². The molecule has 94 valence electrons.